The predicted octanol–water partition coefficient (Wildman–Crippen LogP) is -0.637. The number of hydrogen-bond donors (Lipinski definition) is 2. The van der Waals surface area contributed by atoms with Gasteiger partial charge in [0.25, 0.3) is 0 Å². The molecule has 0 spiro atoms. The maximum absolute atomic E-state index is 9.96. The maximum Gasteiger partial charge on any atom is 0.245 e. The molecule has 5 heteroatoms. The van der Waals surface area contributed by atoms with Crippen LogP contribution in [0.25, 0.3) is 0 Å². The Morgan fingerprint density at radius 2 is 2.10 bits per heavy atom. The Hall–Kier alpha value is -0.680. The molecule has 0 atom stereocenters. The van der Waals surface area contributed by atoms with Gasteiger partial charge in [0.15, 0.2) is 0 Å². The summed E-state index contributed by atoms with van der Waals surface area (Å²) >= 11 is 0. The van der Waals surface area contributed by atoms with Crippen molar-refractivity contribution in [3.05, 3.63) is 10.1 Å². The van der Waals surface area contributed by atoms with Gasteiger partial charge in [-0.05, 0) is 7.05 Å². The van der Waals surface area contributed by atoms with Gasteiger partial charge in [0, 0.05) is 17.8 Å². The van der Waals surface area contributed by atoms with Gasteiger partial charge in [-0.2, -0.15) is 0 Å². The van der Waals surface area contributed by atoms with Gasteiger partial charge >= 0.3 is 0 Å². The number of rotatable bonds is 2. The number of nitro groups is 1. The second kappa shape index (κ2) is 3.48. The van der Waals surface area contributed by atoms with E-state index in [4.69, 9.17) is 5.11 Å². The minimum absolute atomic E-state index is 0.306. The summed E-state index contributed by atoms with van der Waals surface area (Å²) in [6.45, 7) is -0.306. The van der Waals surface area contributed by atoms with Crippen LogP contribution in [0, 0.1) is 10.1 Å². The molecule has 0 bridgehead atoms. The van der Waals surface area contributed by atoms with E-state index in [0.29, 0.717) is 12.8 Å². The highest BCUT2D eigenvalue weighted by Gasteiger charge is 2.55. The summed E-state index contributed by atoms with van der Waals surface area (Å²) < 4.78 is 0. The van der Waals surface area contributed by atoms with Crippen molar-refractivity contribution in [1.29, 1.82) is 0 Å². The molecule has 60 valence electrons. The molecule has 1 aliphatic rings. The first kappa shape index (κ1) is 9.32. The van der Waals surface area contributed by atoms with Crippen LogP contribution in [-0.4, -0.2) is 29.2 Å². The topological polar surface area (TPSA) is 89.4 Å². The third-order valence-electron chi connectivity index (χ3n) is 1.51. The molecule has 0 aromatic heterocycles. The fraction of sp³-hybridized carbons (Fsp3) is 1.00. The molecule has 0 aromatic rings. The molecule has 0 aliphatic heterocycles. The van der Waals surface area contributed by atoms with Crippen LogP contribution in [0.1, 0.15) is 12.8 Å². The summed E-state index contributed by atoms with van der Waals surface area (Å²) in [6.07, 6.45) is 1.08. The van der Waals surface area contributed by atoms with Crippen molar-refractivity contribution >= 4 is 0 Å². The van der Waals surface area contributed by atoms with E-state index in [9.17, 15) is 10.1 Å². The Balaban J connectivity index is 0.000000371. The zero-order valence-corrected chi connectivity index (χ0v) is 5.91. The van der Waals surface area contributed by atoms with Crippen LogP contribution < -0.4 is 5.73 Å². The highest BCUT2D eigenvalue weighted by atomic mass is 16.6. The molecule has 3 N–H and O–H groups in total. The average Bonchev–Trinajstić information content (AvgIpc) is 2.71. The number of aliphatic hydroxyl groups is 1. The van der Waals surface area contributed by atoms with Gasteiger partial charge in [0.1, 0.15) is 6.61 Å². The van der Waals surface area contributed by atoms with E-state index >= 15 is 0 Å². The van der Waals surface area contributed by atoms with Gasteiger partial charge < -0.3 is 10.8 Å². The lowest BCUT2D eigenvalue weighted by atomic mass is 10.3. The van der Waals surface area contributed by atoms with Crippen molar-refractivity contribution in [3.63, 3.8) is 0 Å². The molecule has 0 aromatic carbocycles. The van der Waals surface area contributed by atoms with Gasteiger partial charge in [-0.15, -0.1) is 0 Å². The van der Waals surface area contributed by atoms with Gasteiger partial charge in [0.2, 0.25) is 5.54 Å². The second-order valence-corrected chi connectivity index (χ2v) is 2.14. The van der Waals surface area contributed by atoms with E-state index in [2.05, 4.69) is 5.73 Å². The van der Waals surface area contributed by atoms with Crippen LogP contribution in [0.15, 0.2) is 0 Å². The molecule has 0 radical (unpaired) electrons. The van der Waals surface area contributed by atoms with E-state index in [1.165, 1.54) is 7.05 Å². The molecule has 0 unspecified atom stereocenters. The summed E-state index contributed by atoms with van der Waals surface area (Å²) in [5.74, 6) is 0. The molecule has 1 saturated carbocycles. The van der Waals surface area contributed by atoms with Crippen LogP contribution in [-0.2, 0) is 0 Å². The first-order valence-corrected chi connectivity index (χ1v) is 3.04. The normalized spacial score (nSPS) is 18.7. The lowest BCUT2D eigenvalue weighted by Crippen LogP contribution is -2.25. The summed E-state index contributed by atoms with van der Waals surface area (Å²) in [5.41, 5.74) is 3.57. The van der Waals surface area contributed by atoms with E-state index in [1.54, 1.807) is 0 Å². The van der Waals surface area contributed by atoms with Gasteiger partial charge in [0.05, 0.1) is 0 Å². The summed E-state index contributed by atoms with van der Waals surface area (Å²) in [6, 6.07) is 0. The zero-order chi connectivity index (χ0) is 8.20. The fourth-order valence-electron chi connectivity index (χ4n) is 0.543. The minimum atomic E-state index is -0.931. The van der Waals surface area contributed by atoms with E-state index < -0.39 is 10.5 Å². The van der Waals surface area contributed by atoms with Crippen molar-refractivity contribution in [2.45, 2.75) is 18.4 Å². The lowest BCUT2D eigenvalue weighted by molar-refractivity contribution is -0.541. The monoisotopic (exact) mass is 148 g/mol. The summed E-state index contributed by atoms with van der Waals surface area (Å²) in [5, 5.41) is 18.3. The zero-order valence-electron chi connectivity index (χ0n) is 5.91. The Labute approximate surface area is 59.0 Å². The molecule has 5 nitrogen and oxygen atoms in total. The van der Waals surface area contributed by atoms with Crippen molar-refractivity contribution in [3.8, 4) is 0 Å². The molecule has 0 amide bonds. The van der Waals surface area contributed by atoms with Crippen LogP contribution in [0.3, 0.4) is 0 Å². The molecule has 0 heterocycles. The van der Waals surface area contributed by atoms with Crippen molar-refractivity contribution in [2.24, 2.45) is 5.73 Å². The second-order valence-electron chi connectivity index (χ2n) is 2.14. The molecular weight excluding hydrogens is 136 g/mol. The first-order chi connectivity index (χ1) is 4.71. The van der Waals surface area contributed by atoms with Gasteiger partial charge in [-0.3, -0.25) is 10.1 Å². The van der Waals surface area contributed by atoms with Crippen molar-refractivity contribution < 1.29 is 10.0 Å². The van der Waals surface area contributed by atoms with E-state index in [0.717, 1.165) is 0 Å². The van der Waals surface area contributed by atoms with Crippen LogP contribution in [0.4, 0.5) is 0 Å². The largest absolute Gasteiger partial charge is 0.389 e. The van der Waals surface area contributed by atoms with Crippen LogP contribution in [0.2, 0.25) is 0 Å². The van der Waals surface area contributed by atoms with E-state index in [-0.39, 0.29) is 6.61 Å². The molecule has 10 heavy (non-hydrogen) atoms. The quantitative estimate of drug-likeness (QED) is 0.402. The smallest absolute Gasteiger partial charge is 0.245 e. The summed E-state index contributed by atoms with van der Waals surface area (Å²) in [4.78, 5) is 9.56. The summed E-state index contributed by atoms with van der Waals surface area (Å²) in [7, 11) is 1.50. The third kappa shape index (κ3) is 1.65. The Morgan fingerprint density at radius 3 is 2.10 bits per heavy atom. The molecule has 0 saturated heterocycles. The average molecular weight is 148 g/mol. The van der Waals surface area contributed by atoms with Gasteiger partial charge in [-0.1, -0.05) is 0 Å². The highest BCUT2D eigenvalue weighted by Crippen LogP contribution is 2.37. The number of hydrogen-bond acceptors (Lipinski definition) is 4. The maximum atomic E-state index is 9.96. The molecule has 1 fully saturated rings. The Morgan fingerprint density at radius 1 is 1.70 bits per heavy atom. The molecular formula is C5H12N2O3. The Bertz CT molecular complexity index is 122. The highest BCUT2D eigenvalue weighted by molar-refractivity contribution is 4.93. The van der Waals surface area contributed by atoms with Gasteiger partial charge in [-0.25, -0.2) is 0 Å². The molecule has 1 rings (SSSR count). The minimum Gasteiger partial charge on any atom is -0.389 e. The van der Waals surface area contributed by atoms with Crippen LogP contribution in [0.5, 0.6) is 0 Å². The third-order valence-corrected chi connectivity index (χ3v) is 1.51. The number of nitrogens with two attached hydrogens (primary N) is 1. The van der Waals surface area contributed by atoms with E-state index in [1.807, 2.05) is 0 Å². The number of nitrogens with zero attached hydrogens (tertiary/aromatic N) is 1. The SMILES string of the molecule is CN.O=[N+]([O-])C1(CO)CC1. The van der Waals surface area contributed by atoms with Crippen LogP contribution >= 0.6 is 0 Å². The fourth-order valence-corrected chi connectivity index (χ4v) is 0.543. The number of aliphatic hydroxyl groups excluding tert-OH is 1. The van der Waals surface area contributed by atoms with Crippen molar-refractivity contribution in [2.75, 3.05) is 13.7 Å². The lowest BCUT2D eigenvalue weighted by Gasteiger charge is -1.98. The predicted molar refractivity (Wildman–Crippen MR) is 36.2 cm³/mol. The first-order valence-electron chi connectivity index (χ1n) is 3.04. The Kier molecular flexibility index (Phi) is 3.24. The van der Waals surface area contributed by atoms with Crippen molar-refractivity contribution in [1.82, 2.24) is 0 Å². The molecule has 1 aliphatic carbocycles. The standard InChI is InChI=1S/C4H7NO3.CH5N/c6-3-4(1-2-4)5(7)8;1-2/h6H,1-3H2;2H2,1H3.